The largest absolute Gasteiger partial charge is 0.369 e. The summed E-state index contributed by atoms with van der Waals surface area (Å²) in [6, 6.07) is 17.2. The lowest BCUT2D eigenvalue weighted by molar-refractivity contribution is -0.124. The number of anilines is 2. The number of amides is 1. The Kier molecular flexibility index (Phi) is 8.32. The van der Waals surface area contributed by atoms with E-state index in [0.717, 1.165) is 80.4 Å². The number of aliphatic imine (C=N–C) groups is 1. The van der Waals surface area contributed by atoms with E-state index in [1.807, 2.05) is 24.0 Å². The van der Waals surface area contributed by atoms with Crippen molar-refractivity contribution in [2.24, 2.45) is 4.99 Å². The first-order chi connectivity index (χ1) is 19.0. The molecule has 2 aromatic carbocycles. The Bertz CT molecular complexity index is 1310. The maximum Gasteiger partial charge on any atom is 0.252 e. The third-order valence-electron chi connectivity index (χ3n) is 8.24. The normalized spacial score (nSPS) is 22.8. The highest BCUT2D eigenvalue weighted by atomic mass is 16.2. The maximum atomic E-state index is 13.4. The summed E-state index contributed by atoms with van der Waals surface area (Å²) in [5.41, 5.74) is 6.92. The van der Waals surface area contributed by atoms with Crippen molar-refractivity contribution >= 4 is 23.1 Å². The molecule has 0 radical (unpaired) electrons. The number of nitrogens with one attached hydrogen (secondary N) is 1. The molecule has 6 heteroatoms. The lowest BCUT2D eigenvalue weighted by Crippen LogP contribution is -2.44. The Morgan fingerprint density at radius 1 is 1.05 bits per heavy atom. The van der Waals surface area contributed by atoms with Crippen molar-refractivity contribution in [1.82, 2.24) is 9.80 Å². The van der Waals surface area contributed by atoms with Gasteiger partial charge in [0.05, 0.1) is 6.04 Å². The van der Waals surface area contributed by atoms with Crippen molar-refractivity contribution < 1.29 is 4.79 Å². The van der Waals surface area contributed by atoms with Crippen LogP contribution in [0.4, 0.5) is 11.4 Å². The fourth-order valence-corrected chi connectivity index (χ4v) is 5.66. The summed E-state index contributed by atoms with van der Waals surface area (Å²) in [7, 11) is 2.18. The molecule has 1 fully saturated rings. The van der Waals surface area contributed by atoms with Crippen LogP contribution in [-0.4, -0.2) is 54.8 Å². The number of aryl methyl sites for hydroxylation is 1. The number of carbonyl (C=O) groups is 1. The molecule has 0 aromatic heterocycles. The number of rotatable bonds is 6. The number of allylic oxidation sites excluding steroid dienone is 2. The maximum absolute atomic E-state index is 13.4. The quantitative estimate of drug-likeness (QED) is 0.482. The minimum Gasteiger partial charge on any atom is -0.369 e. The summed E-state index contributed by atoms with van der Waals surface area (Å²) in [5.74, 6) is 1.51. The molecule has 2 heterocycles. The summed E-state index contributed by atoms with van der Waals surface area (Å²) >= 11 is 0. The Balaban J connectivity index is 1.47. The second kappa shape index (κ2) is 12.0. The molecule has 39 heavy (non-hydrogen) atoms. The predicted molar refractivity (Wildman–Crippen MR) is 162 cm³/mol. The smallest absolute Gasteiger partial charge is 0.252 e. The van der Waals surface area contributed by atoms with Gasteiger partial charge in [0, 0.05) is 49.2 Å². The van der Waals surface area contributed by atoms with E-state index >= 15 is 0 Å². The summed E-state index contributed by atoms with van der Waals surface area (Å²) in [5, 5.41) is 3.59. The average Bonchev–Trinajstić information content (AvgIpc) is 2.97. The molecule has 204 valence electrons. The van der Waals surface area contributed by atoms with Crippen LogP contribution in [0.3, 0.4) is 0 Å². The van der Waals surface area contributed by atoms with Crippen molar-refractivity contribution in [2.45, 2.75) is 52.5 Å². The Hall–Kier alpha value is -3.64. The molecule has 1 amide bonds. The SMILES string of the molecule is C/C=C1/C=CC(=O)N(C2CCCc3ccccc32)/C1=N/C(Nc1ccc(N2CCN(C)CC2)cc1)=C(\C)CC. The van der Waals surface area contributed by atoms with Crippen molar-refractivity contribution in [3.8, 4) is 0 Å². The lowest BCUT2D eigenvalue weighted by Gasteiger charge is -2.38. The van der Waals surface area contributed by atoms with Crippen LogP contribution in [0.25, 0.3) is 0 Å². The minimum atomic E-state index is -0.0212. The van der Waals surface area contributed by atoms with Gasteiger partial charge < -0.3 is 15.1 Å². The van der Waals surface area contributed by atoms with Gasteiger partial charge in [-0.1, -0.05) is 37.3 Å². The van der Waals surface area contributed by atoms with Gasteiger partial charge in [-0.05, 0) is 93.6 Å². The molecular weight excluding hydrogens is 482 g/mol. The zero-order chi connectivity index (χ0) is 27.4. The first-order valence-electron chi connectivity index (χ1n) is 14.3. The van der Waals surface area contributed by atoms with Crippen molar-refractivity contribution in [3.63, 3.8) is 0 Å². The monoisotopic (exact) mass is 523 g/mol. The van der Waals surface area contributed by atoms with Gasteiger partial charge in [-0.15, -0.1) is 0 Å². The van der Waals surface area contributed by atoms with E-state index in [0.29, 0.717) is 0 Å². The molecule has 5 rings (SSSR count). The second-order valence-electron chi connectivity index (χ2n) is 10.8. The molecule has 6 nitrogen and oxygen atoms in total. The van der Waals surface area contributed by atoms with Gasteiger partial charge in [0.25, 0.3) is 5.91 Å². The molecule has 2 aliphatic heterocycles. The van der Waals surface area contributed by atoms with Crippen LogP contribution in [0.2, 0.25) is 0 Å². The van der Waals surface area contributed by atoms with E-state index < -0.39 is 0 Å². The zero-order valence-corrected chi connectivity index (χ0v) is 23.8. The molecule has 1 unspecified atom stereocenters. The summed E-state index contributed by atoms with van der Waals surface area (Å²) in [4.78, 5) is 25.4. The molecule has 1 N–H and O–H groups in total. The van der Waals surface area contributed by atoms with Crippen LogP contribution in [0.1, 0.15) is 57.2 Å². The van der Waals surface area contributed by atoms with Gasteiger partial charge >= 0.3 is 0 Å². The van der Waals surface area contributed by atoms with Gasteiger partial charge in [0.15, 0.2) is 0 Å². The molecule has 0 bridgehead atoms. The molecule has 1 aliphatic carbocycles. The zero-order valence-electron chi connectivity index (χ0n) is 23.8. The van der Waals surface area contributed by atoms with E-state index in [1.165, 1.54) is 16.8 Å². The Morgan fingerprint density at radius 3 is 2.51 bits per heavy atom. The number of fused-ring (bicyclic) bond motifs is 1. The standard InChI is InChI=1S/C33H41N5O/c1-5-24(3)32(34-27-15-17-28(18-16-27)37-22-20-36(4)21-23-37)35-33-25(6-2)14-19-31(39)38(33)30-13-9-11-26-10-7-8-12-29(26)30/h6-8,10,12,14-19,30,34H,5,9,11,13,20-23H2,1-4H3/b25-6-,32-24+,35-33+. The highest BCUT2D eigenvalue weighted by Gasteiger charge is 2.34. The van der Waals surface area contributed by atoms with Crippen molar-refractivity contribution in [2.75, 3.05) is 43.4 Å². The minimum absolute atomic E-state index is 0.00826. The average molecular weight is 524 g/mol. The number of carbonyl (C=O) groups excluding carboxylic acids is 1. The summed E-state index contributed by atoms with van der Waals surface area (Å²) in [6.07, 6.45) is 9.54. The third-order valence-corrected chi connectivity index (χ3v) is 8.24. The first kappa shape index (κ1) is 26.9. The third kappa shape index (κ3) is 5.86. The lowest BCUT2D eigenvalue weighted by atomic mass is 9.86. The molecule has 0 spiro atoms. The first-order valence-corrected chi connectivity index (χ1v) is 14.3. The number of hydrogen-bond donors (Lipinski definition) is 1. The van der Waals surface area contributed by atoms with Crippen LogP contribution in [0, 0.1) is 0 Å². The summed E-state index contributed by atoms with van der Waals surface area (Å²) < 4.78 is 0. The molecule has 2 aromatic rings. The highest BCUT2D eigenvalue weighted by Crippen LogP contribution is 2.37. The van der Waals surface area contributed by atoms with Crippen LogP contribution in [-0.2, 0) is 11.2 Å². The van der Waals surface area contributed by atoms with Gasteiger partial charge in [0.2, 0.25) is 0 Å². The van der Waals surface area contributed by atoms with E-state index in [1.54, 1.807) is 6.08 Å². The molecule has 1 saturated heterocycles. The van der Waals surface area contributed by atoms with Gasteiger partial charge in [0.1, 0.15) is 11.7 Å². The number of benzene rings is 2. The molecule has 1 atom stereocenters. The molecule has 3 aliphatic rings. The number of hydrogen-bond acceptors (Lipinski definition) is 5. The molecule has 0 saturated carbocycles. The molecular formula is C33H41N5O. The topological polar surface area (TPSA) is 51.2 Å². The number of piperazine rings is 1. The van der Waals surface area contributed by atoms with Crippen LogP contribution < -0.4 is 10.2 Å². The number of amidine groups is 1. The highest BCUT2D eigenvalue weighted by molar-refractivity contribution is 6.16. The fraction of sp³-hybridized carbons (Fsp3) is 0.394. The van der Waals surface area contributed by atoms with Crippen LogP contribution in [0.15, 0.2) is 88.7 Å². The Morgan fingerprint density at radius 2 is 1.79 bits per heavy atom. The van der Waals surface area contributed by atoms with Gasteiger partial charge in [-0.25, -0.2) is 4.99 Å². The number of nitrogens with zero attached hydrogens (tertiary/aromatic N) is 4. The van der Waals surface area contributed by atoms with Crippen LogP contribution in [0.5, 0.6) is 0 Å². The van der Waals surface area contributed by atoms with Crippen molar-refractivity contribution in [1.29, 1.82) is 0 Å². The fourth-order valence-electron chi connectivity index (χ4n) is 5.66. The van der Waals surface area contributed by atoms with E-state index in [2.05, 4.69) is 84.5 Å². The van der Waals surface area contributed by atoms with E-state index in [4.69, 9.17) is 4.99 Å². The summed E-state index contributed by atoms with van der Waals surface area (Å²) in [6.45, 7) is 10.5. The van der Waals surface area contributed by atoms with Crippen molar-refractivity contribution in [3.05, 3.63) is 94.9 Å². The van der Waals surface area contributed by atoms with Crippen LogP contribution >= 0.6 is 0 Å². The van der Waals surface area contributed by atoms with E-state index in [9.17, 15) is 4.79 Å². The Labute approximate surface area is 233 Å². The predicted octanol–water partition coefficient (Wildman–Crippen LogP) is 6.31. The van der Waals surface area contributed by atoms with Gasteiger partial charge in [-0.3, -0.25) is 9.69 Å². The second-order valence-corrected chi connectivity index (χ2v) is 10.8. The van der Waals surface area contributed by atoms with E-state index in [-0.39, 0.29) is 11.9 Å². The van der Waals surface area contributed by atoms with Gasteiger partial charge in [-0.2, -0.15) is 0 Å². The number of likely N-dealkylation sites (N-methyl/N-ethyl adjacent to an activating group) is 1.